The molecule has 0 fully saturated rings. The molecule has 1 aromatic heterocycles. The number of hydrogen-bond acceptors (Lipinski definition) is 3. The third-order valence-electron chi connectivity index (χ3n) is 1.85. The van der Waals surface area contributed by atoms with Gasteiger partial charge in [-0.3, -0.25) is 0 Å². The Labute approximate surface area is 86.4 Å². The second kappa shape index (κ2) is 3.83. The summed E-state index contributed by atoms with van der Waals surface area (Å²) >= 11 is 0. The first-order valence-electron chi connectivity index (χ1n) is 4.36. The van der Waals surface area contributed by atoms with Gasteiger partial charge in [-0.15, -0.1) is 0 Å². The van der Waals surface area contributed by atoms with Crippen molar-refractivity contribution in [3.63, 3.8) is 0 Å². The van der Waals surface area contributed by atoms with E-state index in [9.17, 15) is 0 Å². The molecule has 0 spiro atoms. The van der Waals surface area contributed by atoms with Crippen LogP contribution >= 0.6 is 0 Å². The average Bonchev–Trinajstić information content (AvgIpc) is 2.71. The Morgan fingerprint density at radius 3 is 2.40 bits per heavy atom. The van der Waals surface area contributed by atoms with Crippen LogP contribution in [-0.4, -0.2) is 11.1 Å². The minimum absolute atomic E-state index is 0.0439. The lowest BCUT2D eigenvalue weighted by Crippen LogP contribution is -2.21. The number of nitrogens with zero attached hydrogens (tertiary/aromatic N) is 2. The van der Waals surface area contributed by atoms with Crippen LogP contribution in [-0.2, 0) is 0 Å². The van der Waals surface area contributed by atoms with E-state index >= 15 is 0 Å². The lowest BCUT2D eigenvalue weighted by atomic mass is 10.1. The molecule has 1 heterocycles. The molecule has 0 saturated heterocycles. The van der Waals surface area contributed by atoms with E-state index in [1.54, 1.807) is 24.4 Å². The predicted molar refractivity (Wildman–Crippen MR) is 57.4 cm³/mol. The number of guanidine groups is 1. The summed E-state index contributed by atoms with van der Waals surface area (Å²) in [5.41, 5.74) is 12.2. The molecule has 15 heavy (non-hydrogen) atoms. The van der Waals surface area contributed by atoms with Crippen molar-refractivity contribution in [1.82, 2.24) is 5.16 Å². The summed E-state index contributed by atoms with van der Waals surface area (Å²) in [6.07, 6.45) is 1.60. The normalized spacial score (nSPS) is 9.87. The first-order chi connectivity index (χ1) is 7.25. The highest BCUT2D eigenvalue weighted by atomic mass is 16.5. The fraction of sp³-hybridized carbons (Fsp3) is 0. The van der Waals surface area contributed by atoms with E-state index in [0.717, 1.165) is 5.56 Å². The number of hydrogen-bond donors (Lipinski definition) is 2. The van der Waals surface area contributed by atoms with Gasteiger partial charge >= 0.3 is 0 Å². The van der Waals surface area contributed by atoms with E-state index in [0.29, 0.717) is 11.4 Å². The molecule has 0 amide bonds. The molecular formula is C10H10N4O. The van der Waals surface area contributed by atoms with E-state index in [2.05, 4.69) is 10.1 Å². The van der Waals surface area contributed by atoms with Crippen molar-refractivity contribution in [3.8, 4) is 11.3 Å². The molecule has 0 aliphatic rings. The minimum Gasteiger partial charge on any atom is -0.370 e. The lowest BCUT2D eigenvalue weighted by molar-refractivity contribution is 0.432. The zero-order valence-corrected chi connectivity index (χ0v) is 7.92. The van der Waals surface area contributed by atoms with Crippen LogP contribution in [0.3, 0.4) is 0 Å². The van der Waals surface area contributed by atoms with E-state index in [-0.39, 0.29) is 5.96 Å². The maximum Gasteiger partial charge on any atom is 0.191 e. The molecule has 0 aliphatic carbocycles. The van der Waals surface area contributed by atoms with Crippen LogP contribution in [0.1, 0.15) is 0 Å². The van der Waals surface area contributed by atoms with Crippen LogP contribution in [0.5, 0.6) is 0 Å². The number of aromatic nitrogens is 1. The average molecular weight is 202 g/mol. The Balaban J connectivity index is 2.29. The number of aliphatic imine (C=N–C) groups is 1. The molecule has 2 rings (SSSR count). The molecule has 1 aromatic carbocycles. The largest absolute Gasteiger partial charge is 0.370 e. The highest BCUT2D eigenvalue weighted by Gasteiger charge is 2.00. The number of rotatable bonds is 2. The highest BCUT2D eigenvalue weighted by molar-refractivity contribution is 5.79. The molecule has 2 aromatic rings. The van der Waals surface area contributed by atoms with Crippen molar-refractivity contribution < 1.29 is 4.52 Å². The van der Waals surface area contributed by atoms with Gasteiger partial charge in [-0.25, -0.2) is 4.99 Å². The van der Waals surface area contributed by atoms with Gasteiger partial charge in [0.25, 0.3) is 0 Å². The first-order valence-corrected chi connectivity index (χ1v) is 4.36. The molecular weight excluding hydrogens is 192 g/mol. The van der Waals surface area contributed by atoms with Crippen LogP contribution < -0.4 is 11.5 Å². The highest BCUT2D eigenvalue weighted by Crippen LogP contribution is 2.21. The van der Waals surface area contributed by atoms with Crippen LogP contribution in [0.4, 0.5) is 5.69 Å². The molecule has 0 unspecified atom stereocenters. The molecule has 0 radical (unpaired) electrons. The summed E-state index contributed by atoms with van der Waals surface area (Å²) in [7, 11) is 0. The van der Waals surface area contributed by atoms with Gasteiger partial charge in [-0.2, -0.15) is 0 Å². The minimum atomic E-state index is 0.0439. The van der Waals surface area contributed by atoms with Gasteiger partial charge in [-0.1, -0.05) is 5.16 Å². The van der Waals surface area contributed by atoms with E-state index in [4.69, 9.17) is 16.0 Å². The van der Waals surface area contributed by atoms with Crippen molar-refractivity contribution in [1.29, 1.82) is 0 Å². The fourth-order valence-corrected chi connectivity index (χ4v) is 1.21. The SMILES string of the molecule is NC(N)=Nc1ccc(-c2ccno2)cc1. The maximum absolute atomic E-state index is 5.26. The fourth-order valence-electron chi connectivity index (χ4n) is 1.21. The number of nitrogens with two attached hydrogens (primary N) is 2. The first kappa shape index (κ1) is 9.26. The summed E-state index contributed by atoms with van der Waals surface area (Å²) in [6.45, 7) is 0. The van der Waals surface area contributed by atoms with E-state index in [1.165, 1.54) is 0 Å². The Kier molecular flexibility index (Phi) is 2.37. The monoisotopic (exact) mass is 202 g/mol. The quantitative estimate of drug-likeness (QED) is 0.566. The predicted octanol–water partition coefficient (Wildman–Crippen LogP) is 1.25. The van der Waals surface area contributed by atoms with Gasteiger partial charge in [-0.05, 0) is 24.3 Å². The van der Waals surface area contributed by atoms with Crippen LogP contribution in [0.25, 0.3) is 11.3 Å². The Bertz CT molecular complexity index is 455. The zero-order chi connectivity index (χ0) is 10.7. The summed E-state index contributed by atoms with van der Waals surface area (Å²) in [5, 5.41) is 3.63. The van der Waals surface area contributed by atoms with Gasteiger partial charge in [0, 0.05) is 11.6 Å². The standard InChI is InChI=1S/C10H10N4O/c11-10(12)14-8-3-1-7(2-4-8)9-5-6-13-15-9/h1-6H,(H4,11,12,14). The summed E-state index contributed by atoms with van der Waals surface area (Å²) in [4.78, 5) is 3.91. The summed E-state index contributed by atoms with van der Waals surface area (Å²) < 4.78 is 5.01. The smallest absolute Gasteiger partial charge is 0.191 e. The van der Waals surface area contributed by atoms with Gasteiger partial charge in [0.15, 0.2) is 11.7 Å². The van der Waals surface area contributed by atoms with Crippen molar-refractivity contribution in [3.05, 3.63) is 36.5 Å². The van der Waals surface area contributed by atoms with Gasteiger partial charge < -0.3 is 16.0 Å². The zero-order valence-electron chi connectivity index (χ0n) is 7.92. The molecule has 0 saturated carbocycles. The van der Waals surface area contributed by atoms with Crippen LogP contribution in [0.15, 0.2) is 46.0 Å². The molecule has 4 N–H and O–H groups in total. The Morgan fingerprint density at radius 1 is 1.13 bits per heavy atom. The topological polar surface area (TPSA) is 90.4 Å². The van der Waals surface area contributed by atoms with Crippen molar-refractivity contribution in [2.45, 2.75) is 0 Å². The van der Waals surface area contributed by atoms with Crippen LogP contribution in [0, 0.1) is 0 Å². The summed E-state index contributed by atoms with van der Waals surface area (Å²) in [5.74, 6) is 0.758. The third-order valence-corrected chi connectivity index (χ3v) is 1.85. The van der Waals surface area contributed by atoms with Gasteiger partial charge in [0.2, 0.25) is 0 Å². The Morgan fingerprint density at radius 2 is 1.87 bits per heavy atom. The molecule has 0 bridgehead atoms. The molecule has 76 valence electrons. The van der Waals surface area contributed by atoms with Gasteiger partial charge in [0.05, 0.1) is 11.9 Å². The van der Waals surface area contributed by atoms with Crippen molar-refractivity contribution in [2.75, 3.05) is 0 Å². The van der Waals surface area contributed by atoms with Gasteiger partial charge in [0.1, 0.15) is 0 Å². The summed E-state index contributed by atoms with van der Waals surface area (Å²) in [6, 6.07) is 9.12. The van der Waals surface area contributed by atoms with E-state index < -0.39 is 0 Å². The van der Waals surface area contributed by atoms with Crippen molar-refractivity contribution >= 4 is 11.6 Å². The third kappa shape index (κ3) is 2.14. The maximum atomic E-state index is 5.26. The Hall–Kier alpha value is -2.30. The second-order valence-corrected chi connectivity index (χ2v) is 2.96. The molecule has 5 heteroatoms. The van der Waals surface area contributed by atoms with Crippen molar-refractivity contribution in [2.24, 2.45) is 16.5 Å². The lowest BCUT2D eigenvalue weighted by Gasteiger charge is -1.97. The second-order valence-electron chi connectivity index (χ2n) is 2.96. The van der Waals surface area contributed by atoms with E-state index in [1.807, 2.05) is 12.1 Å². The molecule has 0 atom stereocenters. The molecule has 5 nitrogen and oxygen atoms in total. The molecule has 0 aliphatic heterocycles. The van der Waals surface area contributed by atoms with Crippen LogP contribution in [0.2, 0.25) is 0 Å². The number of benzene rings is 1.